The Hall–Kier alpha value is -5.48. The van der Waals surface area contributed by atoms with Crippen molar-refractivity contribution in [3.63, 3.8) is 0 Å². The van der Waals surface area contributed by atoms with E-state index in [0.717, 1.165) is 87.2 Å². The SMILES string of the molecule is C=CC1=C(CC)[C@@H](CC)C(/C=C\CN2C(/C=C\Cc3ccccc3)=C(/C=C)CC/C(NC(C)/C=C\c3cc(CCCC)c(CC)o3)=C(/C(C)=C/C=C\C(=C)[C@H]3C=CC=CC3)C[C@@H]2C)O1. The zero-order chi connectivity index (χ0) is 45.8. The minimum atomic E-state index is 0.00558. The summed E-state index contributed by atoms with van der Waals surface area (Å²) >= 11 is 0. The van der Waals surface area contributed by atoms with Crippen LogP contribution in [0.1, 0.15) is 122 Å². The van der Waals surface area contributed by atoms with Gasteiger partial charge >= 0.3 is 0 Å². The van der Waals surface area contributed by atoms with Crippen LogP contribution in [0.3, 0.4) is 0 Å². The van der Waals surface area contributed by atoms with Gasteiger partial charge in [-0.15, -0.1) is 0 Å². The second-order valence-corrected chi connectivity index (χ2v) is 17.6. The van der Waals surface area contributed by atoms with E-state index in [4.69, 9.17) is 9.15 Å². The van der Waals surface area contributed by atoms with Gasteiger partial charge in [0.05, 0.1) is 0 Å². The maximum Gasteiger partial charge on any atom is 0.127 e. The fourth-order valence-electron chi connectivity index (χ4n) is 9.33. The standard InChI is InChI=1S/C60H78N2O2/c1-11-17-32-51-43-52(63-58(51)15-5)39-37-46(9)61-56-40-38-49(12-2)57(35-25-31-48-29-20-18-21-30-48)62(41-26-36-60-54(14-4)53(13-3)59(16-6)64-60)47(10)42-55(56)45(8)28-24-27-44(7)50-33-22-19-23-34-50/h12,16,18-30,33,35-37,39,43,46-47,50,54,60-61H,2,6-7,11,13-15,17,31-32,34,38,40-42H2,1,3-5,8-10H3/b27-24-,35-25-,36-26-,39-37-,45-28+,56-55-,57-49-/t46?,47-,50-,54+,60?/m0/s1. The first-order chi connectivity index (χ1) is 31.1. The molecule has 1 aromatic heterocycles. The molecule has 5 rings (SSSR count). The molecular formula is C60H78N2O2. The first-order valence-electron chi connectivity index (χ1n) is 24.3. The van der Waals surface area contributed by atoms with Crippen molar-refractivity contribution >= 4 is 6.08 Å². The Balaban J connectivity index is 1.52. The molecule has 2 aromatic rings. The Morgan fingerprint density at radius 2 is 1.81 bits per heavy atom. The number of nitrogens with zero attached hydrogens (tertiary/aromatic N) is 1. The summed E-state index contributed by atoms with van der Waals surface area (Å²) in [5, 5.41) is 4.02. The van der Waals surface area contributed by atoms with E-state index in [-0.39, 0.29) is 18.2 Å². The first kappa shape index (κ1) is 49.5. The maximum atomic E-state index is 6.51. The Morgan fingerprint density at radius 3 is 2.50 bits per heavy atom. The quantitative estimate of drug-likeness (QED) is 0.0945. The van der Waals surface area contributed by atoms with Crippen LogP contribution in [-0.4, -0.2) is 29.6 Å². The van der Waals surface area contributed by atoms with Crippen LogP contribution in [0, 0.1) is 11.8 Å². The van der Waals surface area contributed by atoms with E-state index >= 15 is 0 Å². The van der Waals surface area contributed by atoms with Crippen LogP contribution in [0.4, 0.5) is 0 Å². The smallest absolute Gasteiger partial charge is 0.127 e. The molecule has 0 fully saturated rings. The largest absolute Gasteiger partial charge is 0.486 e. The highest BCUT2D eigenvalue weighted by Gasteiger charge is 2.32. The summed E-state index contributed by atoms with van der Waals surface area (Å²) < 4.78 is 12.8. The van der Waals surface area contributed by atoms with Gasteiger partial charge in [0.1, 0.15) is 23.4 Å². The summed E-state index contributed by atoms with van der Waals surface area (Å²) in [6.07, 6.45) is 43.8. The number of hydrogen-bond donors (Lipinski definition) is 1. The predicted molar refractivity (Wildman–Crippen MR) is 276 cm³/mol. The number of allylic oxidation sites excluding steroid dienone is 15. The third kappa shape index (κ3) is 13.8. The monoisotopic (exact) mass is 859 g/mol. The van der Waals surface area contributed by atoms with Gasteiger partial charge in [0.15, 0.2) is 0 Å². The molecule has 1 aromatic carbocycles. The van der Waals surface area contributed by atoms with Gasteiger partial charge in [0.25, 0.3) is 0 Å². The van der Waals surface area contributed by atoms with Crippen molar-refractivity contribution in [3.05, 3.63) is 209 Å². The van der Waals surface area contributed by atoms with Crippen LogP contribution >= 0.6 is 0 Å². The van der Waals surface area contributed by atoms with Crippen molar-refractivity contribution in [2.45, 2.75) is 137 Å². The number of ether oxygens (including phenoxy) is 1. The van der Waals surface area contributed by atoms with E-state index in [1.807, 2.05) is 6.08 Å². The minimum absolute atomic E-state index is 0.00558. The number of unbranched alkanes of at least 4 members (excludes halogenated alkanes) is 1. The van der Waals surface area contributed by atoms with Crippen molar-refractivity contribution < 1.29 is 9.15 Å². The van der Waals surface area contributed by atoms with Crippen LogP contribution in [-0.2, 0) is 24.0 Å². The molecule has 340 valence electrons. The van der Waals surface area contributed by atoms with Crippen LogP contribution in [0.15, 0.2) is 191 Å². The number of rotatable bonds is 22. The third-order valence-corrected chi connectivity index (χ3v) is 13.0. The number of nitrogens with one attached hydrogen (secondary N) is 1. The molecule has 4 heteroatoms. The molecular weight excluding hydrogens is 781 g/mol. The van der Waals surface area contributed by atoms with E-state index in [0.29, 0.717) is 11.8 Å². The zero-order valence-electron chi connectivity index (χ0n) is 40.4. The van der Waals surface area contributed by atoms with Gasteiger partial charge in [-0.3, -0.25) is 0 Å². The molecule has 0 amide bonds. The molecule has 0 saturated carbocycles. The summed E-state index contributed by atoms with van der Waals surface area (Å²) in [6.45, 7) is 29.5. The van der Waals surface area contributed by atoms with Crippen LogP contribution < -0.4 is 5.32 Å². The Bertz CT molecular complexity index is 2190. The van der Waals surface area contributed by atoms with E-state index in [1.54, 1.807) is 0 Å². The fraction of sp³-hybridized carbons (Fsp3) is 0.400. The van der Waals surface area contributed by atoms with Crippen LogP contribution in [0.5, 0.6) is 0 Å². The van der Waals surface area contributed by atoms with E-state index < -0.39 is 0 Å². The molecule has 3 heterocycles. The summed E-state index contributed by atoms with van der Waals surface area (Å²) in [7, 11) is 0. The predicted octanol–water partition coefficient (Wildman–Crippen LogP) is 15.6. The van der Waals surface area contributed by atoms with E-state index in [2.05, 4.69) is 200 Å². The van der Waals surface area contributed by atoms with Crippen LogP contribution in [0.25, 0.3) is 6.08 Å². The maximum absolute atomic E-state index is 6.51. The second-order valence-electron chi connectivity index (χ2n) is 17.6. The highest BCUT2D eigenvalue weighted by Crippen LogP contribution is 2.37. The molecule has 2 unspecified atom stereocenters. The Kier molecular flexibility index (Phi) is 19.9. The van der Waals surface area contributed by atoms with Gasteiger partial charge in [-0.2, -0.15) is 0 Å². The van der Waals surface area contributed by atoms with Crippen molar-refractivity contribution in [2.24, 2.45) is 11.8 Å². The molecule has 0 spiro atoms. The molecule has 0 radical (unpaired) electrons. The molecule has 3 aliphatic rings. The van der Waals surface area contributed by atoms with Crippen molar-refractivity contribution in [2.75, 3.05) is 6.54 Å². The second kappa shape index (κ2) is 25.7. The lowest BCUT2D eigenvalue weighted by atomic mass is 9.90. The van der Waals surface area contributed by atoms with Gasteiger partial charge in [-0.05, 0) is 148 Å². The van der Waals surface area contributed by atoms with Crippen molar-refractivity contribution in [1.82, 2.24) is 10.2 Å². The molecule has 2 aliphatic heterocycles. The molecule has 0 bridgehead atoms. The summed E-state index contributed by atoms with van der Waals surface area (Å²) in [5.74, 6) is 3.69. The van der Waals surface area contributed by atoms with Gasteiger partial charge in [-0.1, -0.05) is 151 Å². The normalized spacial score (nSPS) is 23.9. The fourth-order valence-corrected chi connectivity index (χ4v) is 9.33. The molecule has 1 N–H and O–H groups in total. The topological polar surface area (TPSA) is 37.6 Å². The lowest BCUT2D eigenvalue weighted by molar-refractivity contribution is 0.158. The minimum Gasteiger partial charge on any atom is -0.486 e. The van der Waals surface area contributed by atoms with Gasteiger partial charge < -0.3 is 19.4 Å². The highest BCUT2D eigenvalue weighted by molar-refractivity contribution is 5.47. The third-order valence-electron chi connectivity index (χ3n) is 13.0. The lowest BCUT2D eigenvalue weighted by Gasteiger charge is -2.33. The van der Waals surface area contributed by atoms with Crippen molar-refractivity contribution in [1.29, 1.82) is 0 Å². The van der Waals surface area contributed by atoms with Gasteiger partial charge in [0, 0.05) is 48.3 Å². The van der Waals surface area contributed by atoms with Gasteiger partial charge in [-0.25, -0.2) is 0 Å². The molecule has 0 saturated heterocycles. The molecule has 5 atom stereocenters. The molecule has 4 nitrogen and oxygen atoms in total. The number of aryl methyl sites for hydroxylation is 2. The number of benzene rings is 1. The highest BCUT2D eigenvalue weighted by atomic mass is 16.5. The summed E-state index contributed by atoms with van der Waals surface area (Å²) in [6, 6.07) is 13.2. The zero-order valence-corrected chi connectivity index (χ0v) is 40.4. The number of hydrogen-bond acceptors (Lipinski definition) is 4. The molecule has 1 aliphatic carbocycles. The molecule has 64 heavy (non-hydrogen) atoms. The average molecular weight is 859 g/mol. The van der Waals surface area contributed by atoms with E-state index in [1.165, 1.54) is 57.7 Å². The van der Waals surface area contributed by atoms with E-state index in [9.17, 15) is 0 Å². The first-order valence-corrected chi connectivity index (χ1v) is 24.3. The summed E-state index contributed by atoms with van der Waals surface area (Å²) in [4.78, 5) is 2.59. The Morgan fingerprint density at radius 1 is 1.00 bits per heavy atom. The lowest BCUT2D eigenvalue weighted by Crippen LogP contribution is -2.34. The van der Waals surface area contributed by atoms with Crippen molar-refractivity contribution in [3.8, 4) is 0 Å². The van der Waals surface area contributed by atoms with Gasteiger partial charge in [0.2, 0.25) is 0 Å². The Labute approximate surface area is 388 Å². The van der Waals surface area contributed by atoms with Crippen LogP contribution in [0.2, 0.25) is 0 Å². The summed E-state index contributed by atoms with van der Waals surface area (Å²) in [5.41, 5.74) is 11.5. The number of furan rings is 1. The average Bonchev–Trinajstić information content (AvgIpc) is 3.90.